The molecule has 4 rings (SSSR count). The fraction of sp³-hybridized carbons (Fsp3) is 0.240. The van der Waals surface area contributed by atoms with Crippen LogP contribution in [0.3, 0.4) is 0 Å². The lowest BCUT2D eigenvalue weighted by Gasteiger charge is -2.26. The third kappa shape index (κ3) is 4.91. The molecule has 3 aromatic heterocycles. The highest BCUT2D eigenvalue weighted by Gasteiger charge is 2.22. The Balaban J connectivity index is 1.82. The van der Waals surface area contributed by atoms with Crippen LogP contribution in [0.1, 0.15) is 29.3 Å². The van der Waals surface area contributed by atoms with Crippen molar-refractivity contribution in [1.82, 2.24) is 24.7 Å². The van der Waals surface area contributed by atoms with Gasteiger partial charge < -0.3 is 20.1 Å². The van der Waals surface area contributed by atoms with Gasteiger partial charge in [-0.2, -0.15) is 5.10 Å². The van der Waals surface area contributed by atoms with Crippen LogP contribution >= 0.6 is 0 Å². The normalized spacial score (nSPS) is 10.8. The number of hydrogen-bond donors (Lipinski definition) is 2. The molecule has 0 aliphatic heterocycles. The summed E-state index contributed by atoms with van der Waals surface area (Å²) in [6, 6.07) is 8.92. The van der Waals surface area contributed by atoms with Crippen LogP contribution in [0.5, 0.6) is 11.5 Å². The smallest absolute Gasteiger partial charge is 0.184 e. The summed E-state index contributed by atoms with van der Waals surface area (Å²) >= 11 is 0. The summed E-state index contributed by atoms with van der Waals surface area (Å²) in [7, 11) is 5.28. The van der Waals surface area contributed by atoms with Gasteiger partial charge in [0.25, 0.3) is 0 Å². The highest BCUT2D eigenvalue weighted by Crippen LogP contribution is 2.42. The maximum atomic E-state index is 12.8. The minimum absolute atomic E-state index is 0.0353. The lowest BCUT2D eigenvalue weighted by molar-refractivity contribution is 0.0988. The zero-order chi connectivity index (χ0) is 25.1. The number of methoxy groups -OCH3 is 1. The second kappa shape index (κ2) is 9.80. The third-order valence-corrected chi connectivity index (χ3v) is 5.49. The number of ketones is 1. The van der Waals surface area contributed by atoms with E-state index in [0.29, 0.717) is 40.9 Å². The maximum absolute atomic E-state index is 12.8. The summed E-state index contributed by atoms with van der Waals surface area (Å²) in [5.74, 6) is 2.17. The number of carbonyl (C=O) groups is 1. The van der Waals surface area contributed by atoms with Gasteiger partial charge >= 0.3 is 0 Å². The van der Waals surface area contributed by atoms with Gasteiger partial charge in [0, 0.05) is 32.8 Å². The van der Waals surface area contributed by atoms with Crippen molar-refractivity contribution in [3.8, 4) is 22.9 Å². The number of benzene rings is 1. The summed E-state index contributed by atoms with van der Waals surface area (Å²) in [4.78, 5) is 27.7. The van der Waals surface area contributed by atoms with E-state index in [0.717, 1.165) is 16.8 Å². The van der Waals surface area contributed by atoms with Crippen LogP contribution in [0.15, 0.2) is 49.1 Å². The number of nitrogens with one attached hydrogen (secondary N) is 1. The van der Waals surface area contributed by atoms with Gasteiger partial charge in [0.1, 0.15) is 23.7 Å². The number of anilines is 4. The maximum Gasteiger partial charge on any atom is 0.184 e. The average molecular weight is 474 g/mol. The summed E-state index contributed by atoms with van der Waals surface area (Å²) < 4.78 is 7.46. The number of aryl methyl sites for hydroxylation is 2. The first-order valence-corrected chi connectivity index (χ1v) is 11.0. The molecule has 0 aliphatic rings. The molecule has 35 heavy (non-hydrogen) atoms. The molecule has 0 amide bonds. The molecule has 0 radical (unpaired) electrons. The minimum atomic E-state index is -0.0353. The largest absolute Gasteiger partial charge is 0.506 e. The van der Waals surface area contributed by atoms with Crippen molar-refractivity contribution in [2.24, 2.45) is 7.05 Å². The highest BCUT2D eigenvalue weighted by atomic mass is 16.5. The summed E-state index contributed by atoms with van der Waals surface area (Å²) in [5, 5.41) is 17.1. The number of nitrogens with zero attached hydrogens (tertiary/aromatic N) is 6. The van der Waals surface area contributed by atoms with E-state index in [1.54, 1.807) is 36.4 Å². The number of pyridine rings is 2. The van der Waals surface area contributed by atoms with Gasteiger partial charge in [0.05, 0.1) is 35.8 Å². The molecule has 0 saturated heterocycles. The fourth-order valence-electron chi connectivity index (χ4n) is 3.76. The van der Waals surface area contributed by atoms with Crippen molar-refractivity contribution in [3.63, 3.8) is 0 Å². The number of rotatable bonds is 8. The zero-order valence-electron chi connectivity index (χ0n) is 20.3. The molecule has 4 aromatic rings. The number of carbonyl (C=O) groups excluding carboxylic acids is 1. The standard InChI is InChI=1S/C25H27N7O3/c1-6-21(34)18-13-27-23(29-22-8-7-16(33)12-26-22)11-19(18)32(4)20-10-15(2)9-17(24(20)35-5)25-28-14-31(3)30-25/h7-14,33H,6H2,1-5H3,(H,26,27,29). The molecule has 0 fully saturated rings. The Kier molecular flexibility index (Phi) is 6.63. The van der Waals surface area contributed by atoms with Crippen molar-refractivity contribution in [2.75, 3.05) is 24.4 Å². The van der Waals surface area contributed by atoms with Gasteiger partial charge in [-0.05, 0) is 36.8 Å². The first-order valence-electron chi connectivity index (χ1n) is 11.0. The molecule has 10 heteroatoms. The van der Waals surface area contributed by atoms with E-state index >= 15 is 0 Å². The van der Waals surface area contributed by atoms with Gasteiger partial charge in [-0.15, -0.1) is 0 Å². The number of aromatic hydroxyl groups is 1. The molecule has 180 valence electrons. The first kappa shape index (κ1) is 23.7. The molecule has 0 atom stereocenters. The van der Waals surface area contributed by atoms with Crippen LogP contribution in [-0.4, -0.2) is 49.8 Å². The van der Waals surface area contributed by atoms with Gasteiger partial charge in [-0.25, -0.2) is 15.0 Å². The monoisotopic (exact) mass is 473 g/mol. The molecule has 1 aromatic carbocycles. The van der Waals surface area contributed by atoms with Crippen molar-refractivity contribution in [2.45, 2.75) is 20.3 Å². The Morgan fingerprint density at radius 2 is 1.89 bits per heavy atom. The Bertz CT molecular complexity index is 1370. The molecule has 0 bridgehead atoms. The predicted molar refractivity (Wildman–Crippen MR) is 134 cm³/mol. The van der Waals surface area contributed by atoms with Crippen LogP contribution in [0.4, 0.5) is 23.0 Å². The Labute approximate surface area is 203 Å². The number of aromatic nitrogens is 5. The summed E-state index contributed by atoms with van der Waals surface area (Å²) in [6.45, 7) is 3.80. The van der Waals surface area contributed by atoms with E-state index in [1.165, 1.54) is 12.3 Å². The molecule has 0 aliphatic carbocycles. The van der Waals surface area contributed by atoms with Crippen molar-refractivity contribution in [1.29, 1.82) is 0 Å². The Morgan fingerprint density at radius 3 is 2.51 bits per heavy atom. The van der Waals surface area contributed by atoms with Crippen LogP contribution in [0, 0.1) is 6.92 Å². The molecule has 0 unspecified atom stereocenters. The lowest BCUT2D eigenvalue weighted by Crippen LogP contribution is -2.16. The number of ether oxygens (including phenoxy) is 1. The minimum Gasteiger partial charge on any atom is -0.506 e. The van der Waals surface area contributed by atoms with Gasteiger partial charge in [-0.3, -0.25) is 9.48 Å². The van der Waals surface area contributed by atoms with Crippen molar-refractivity contribution < 1.29 is 14.6 Å². The summed E-state index contributed by atoms with van der Waals surface area (Å²) in [6.07, 6.45) is 4.87. The lowest BCUT2D eigenvalue weighted by atomic mass is 10.0. The van der Waals surface area contributed by atoms with E-state index < -0.39 is 0 Å². The molecule has 3 heterocycles. The van der Waals surface area contributed by atoms with Crippen LogP contribution in [0.25, 0.3) is 11.4 Å². The third-order valence-electron chi connectivity index (χ3n) is 5.49. The Morgan fingerprint density at radius 1 is 1.11 bits per heavy atom. The van der Waals surface area contributed by atoms with Gasteiger partial charge in [0.2, 0.25) is 0 Å². The zero-order valence-corrected chi connectivity index (χ0v) is 20.3. The van der Waals surface area contributed by atoms with E-state index in [4.69, 9.17) is 4.74 Å². The first-order chi connectivity index (χ1) is 16.8. The summed E-state index contributed by atoms with van der Waals surface area (Å²) in [5.41, 5.74) is 3.62. The highest BCUT2D eigenvalue weighted by molar-refractivity contribution is 6.02. The van der Waals surface area contributed by atoms with E-state index in [1.807, 2.05) is 45.0 Å². The quantitative estimate of drug-likeness (QED) is 0.359. The topological polar surface area (TPSA) is 118 Å². The second-order valence-electron chi connectivity index (χ2n) is 8.06. The second-order valence-corrected chi connectivity index (χ2v) is 8.06. The molecular formula is C25H27N7O3. The average Bonchev–Trinajstić information content (AvgIpc) is 3.30. The van der Waals surface area contributed by atoms with Crippen LogP contribution in [0.2, 0.25) is 0 Å². The SMILES string of the molecule is CCC(=O)c1cnc(Nc2ccc(O)cn2)cc1N(C)c1cc(C)cc(-c2ncn(C)n2)c1OC. The van der Waals surface area contributed by atoms with Gasteiger partial charge in [-0.1, -0.05) is 6.92 Å². The molecule has 0 saturated carbocycles. The molecular weight excluding hydrogens is 446 g/mol. The molecule has 10 nitrogen and oxygen atoms in total. The van der Waals surface area contributed by atoms with Crippen LogP contribution in [-0.2, 0) is 7.05 Å². The number of Topliss-reactive ketones (excluding diaryl/α,β-unsaturated/α-hetero) is 1. The predicted octanol–water partition coefficient (Wildman–Crippen LogP) is 4.40. The van der Waals surface area contributed by atoms with E-state index in [9.17, 15) is 9.90 Å². The van der Waals surface area contributed by atoms with Crippen LogP contribution < -0.4 is 15.0 Å². The number of hydrogen-bond acceptors (Lipinski definition) is 9. The van der Waals surface area contributed by atoms with Crippen molar-refractivity contribution >= 4 is 28.8 Å². The molecule has 0 spiro atoms. The van der Waals surface area contributed by atoms with E-state index in [-0.39, 0.29) is 11.5 Å². The van der Waals surface area contributed by atoms with Gasteiger partial charge in [0.15, 0.2) is 17.4 Å². The fourth-order valence-corrected chi connectivity index (χ4v) is 3.76. The van der Waals surface area contributed by atoms with E-state index in [2.05, 4.69) is 25.4 Å². The van der Waals surface area contributed by atoms with Crippen molar-refractivity contribution in [3.05, 3.63) is 60.2 Å². The molecule has 2 N–H and O–H groups in total. The Hall–Kier alpha value is -4.47.